The van der Waals surface area contributed by atoms with E-state index in [1.807, 2.05) is 0 Å². The van der Waals surface area contributed by atoms with Gasteiger partial charge >= 0.3 is 5.69 Å². The number of H-pyrrole nitrogens is 1. The van der Waals surface area contributed by atoms with Crippen LogP contribution in [0, 0.1) is 10.1 Å². The Hall–Kier alpha value is -3.71. The lowest BCUT2D eigenvalue weighted by molar-refractivity contribution is -0.384. The summed E-state index contributed by atoms with van der Waals surface area (Å²) in [7, 11) is 1.45. The van der Waals surface area contributed by atoms with E-state index >= 15 is 0 Å². The molecule has 0 spiro atoms. The van der Waals surface area contributed by atoms with Crippen molar-refractivity contribution >= 4 is 22.8 Å². The number of aliphatic hydroxyl groups excluding tert-OH is 2. The first-order valence-electron chi connectivity index (χ1n) is 8.91. The minimum absolute atomic E-state index is 0.0759. The molecule has 2 heterocycles. The number of nitrogens with one attached hydrogen (secondary N) is 2. The molecule has 1 atom stereocenters. The number of aliphatic hydroxyl groups is 2. The number of aryl methyl sites for hydroxylation is 1. The average molecular weight is 420 g/mol. The highest BCUT2D eigenvalue weighted by molar-refractivity contribution is 5.74. The van der Waals surface area contributed by atoms with Crippen LogP contribution in [0.2, 0.25) is 0 Å². The number of nitrogens with zero attached hydrogens (tertiary/aromatic N) is 4. The maximum absolute atomic E-state index is 12.3. The lowest BCUT2D eigenvalue weighted by Crippen LogP contribution is -2.31. The molecule has 30 heavy (non-hydrogen) atoms. The number of fused-ring (bicyclic) bond motifs is 1. The summed E-state index contributed by atoms with van der Waals surface area (Å²) < 4.78 is 8.01. The maximum atomic E-state index is 12.3. The molecule has 0 aliphatic rings. The third kappa shape index (κ3) is 4.31. The van der Waals surface area contributed by atoms with E-state index in [0.29, 0.717) is 5.75 Å². The molecule has 1 aromatic carbocycles. The number of imidazole rings is 1. The van der Waals surface area contributed by atoms with Crippen LogP contribution in [-0.4, -0.2) is 60.1 Å². The molecule has 3 rings (SSSR count). The molecule has 0 radical (unpaired) electrons. The second kappa shape index (κ2) is 8.75. The molecular formula is C17H20N6O7. The van der Waals surface area contributed by atoms with Crippen molar-refractivity contribution in [3.05, 3.63) is 55.2 Å². The van der Waals surface area contributed by atoms with Gasteiger partial charge in [0.25, 0.3) is 11.2 Å². The van der Waals surface area contributed by atoms with Gasteiger partial charge < -0.3 is 24.8 Å². The van der Waals surface area contributed by atoms with Crippen molar-refractivity contribution in [3.8, 4) is 5.75 Å². The molecule has 13 heteroatoms. The van der Waals surface area contributed by atoms with Gasteiger partial charge in [0.15, 0.2) is 11.2 Å². The van der Waals surface area contributed by atoms with E-state index in [9.17, 15) is 24.8 Å². The molecule has 0 aliphatic carbocycles. The van der Waals surface area contributed by atoms with Crippen LogP contribution in [0.4, 0.5) is 11.6 Å². The zero-order valence-electron chi connectivity index (χ0n) is 15.9. The van der Waals surface area contributed by atoms with Crippen LogP contribution in [0.25, 0.3) is 11.2 Å². The molecule has 0 saturated carbocycles. The quantitative estimate of drug-likeness (QED) is 0.254. The number of ether oxygens (including phenoxy) is 1. The predicted octanol–water partition coefficient (Wildman–Crippen LogP) is -0.824. The van der Waals surface area contributed by atoms with Crippen molar-refractivity contribution in [1.82, 2.24) is 19.1 Å². The molecule has 0 amide bonds. The van der Waals surface area contributed by atoms with Crippen LogP contribution in [0.15, 0.2) is 33.9 Å². The van der Waals surface area contributed by atoms with Gasteiger partial charge in [0, 0.05) is 25.7 Å². The Labute approximate surface area is 168 Å². The number of rotatable bonds is 9. The molecule has 0 fully saturated rings. The van der Waals surface area contributed by atoms with Crippen molar-refractivity contribution in [2.75, 3.05) is 25.1 Å². The molecule has 2 aromatic heterocycles. The van der Waals surface area contributed by atoms with E-state index in [-0.39, 0.29) is 49.1 Å². The fourth-order valence-electron chi connectivity index (χ4n) is 2.83. The van der Waals surface area contributed by atoms with Gasteiger partial charge in [0.05, 0.1) is 18.1 Å². The van der Waals surface area contributed by atoms with Crippen molar-refractivity contribution in [3.63, 3.8) is 0 Å². The first-order chi connectivity index (χ1) is 14.3. The highest BCUT2D eigenvalue weighted by Gasteiger charge is 2.20. The normalized spacial score (nSPS) is 12.1. The predicted molar refractivity (Wildman–Crippen MR) is 106 cm³/mol. The molecule has 3 aromatic rings. The highest BCUT2D eigenvalue weighted by Crippen LogP contribution is 2.19. The SMILES string of the molecule is Cn1c(=O)[nH]c(=O)c2c1nc(NCCO)n2C[C@@H](O)COc1ccc([N+](=O)[O-])cc1. The summed E-state index contributed by atoms with van der Waals surface area (Å²) in [4.78, 5) is 40.7. The summed E-state index contributed by atoms with van der Waals surface area (Å²) in [5, 5.41) is 33.0. The minimum Gasteiger partial charge on any atom is -0.491 e. The summed E-state index contributed by atoms with van der Waals surface area (Å²) in [6.07, 6.45) is -1.08. The number of nitro benzene ring substituents is 1. The molecule has 13 nitrogen and oxygen atoms in total. The van der Waals surface area contributed by atoms with E-state index in [1.54, 1.807) is 0 Å². The second-order valence-electron chi connectivity index (χ2n) is 6.40. The fraction of sp³-hybridized carbons (Fsp3) is 0.353. The molecule has 0 bridgehead atoms. The molecule has 160 valence electrons. The molecule has 0 saturated heterocycles. The Balaban J connectivity index is 1.82. The summed E-state index contributed by atoms with van der Waals surface area (Å²) in [6.45, 7) is -0.312. The van der Waals surface area contributed by atoms with E-state index in [4.69, 9.17) is 9.84 Å². The van der Waals surface area contributed by atoms with Crippen molar-refractivity contribution in [2.45, 2.75) is 12.6 Å². The first-order valence-corrected chi connectivity index (χ1v) is 8.91. The third-order valence-electron chi connectivity index (χ3n) is 4.29. The van der Waals surface area contributed by atoms with E-state index < -0.39 is 22.3 Å². The van der Waals surface area contributed by atoms with E-state index in [0.717, 1.165) is 4.57 Å². The van der Waals surface area contributed by atoms with Crippen molar-refractivity contribution in [2.24, 2.45) is 7.05 Å². The summed E-state index contributed by atoms with van der Waals surface area (Å²) in [6, 6.07) is 5.38. The fourth-order valence-corrected chi connectivity index (χ4v) is 2.83. The zero-order chi connectivity index (χ0) is 21.8. The van der Waals surface area contributed by atoms with Crippen LogP contribution in [0.1, 0.15) is 0 Å². The van der Waals surface area contributed by atoms with Gasteiger partial charge in [0.2, 0.25) is 5.95 Å². The molecule has 4 N–H and O–H groups in total. The Morgan fingerprint density at radius 2 is 2.03 bits per heavy atom. The monoisotopic (exact) mass is 420 g/mol. The maximum Gasteiger partial charge on any atom is 0.329 e. The number of anilines is 1. The summed E-state index contributed by atoms with van der Waals surface area (Å²) in [5.41, 5.74) is -1.19. The van der Waals surface area contributed by atoms with Crippen LogP contribution in [0.3, 0.4) is 0 Å². The van der Waals surface area contributed by atoms with Gasteiger partial charge in [-0.15, -0.1) is 0 Å². The van der Waals surface area contributed by atoms with Gasteiger partial charge in [-0.3, -0.25) is 24.5 Å². The van der Waals surface area contributed by atoms with Gasteiger partial charge in [-0.05, 0) is 12.1 Å². The van der Waals surface area contributed by atoms with Crippen LogP contribution >= 0.6 is 0 Å². The van der Waals surface area contributed by atoms with Gasteiger partial charge in [-0.25, -0.2) is 4.79 Å². The number of aromatic amines is 1. The lowest BCUT2D eigenvalue weighted by Gasteiger charge is -2.15. The Morgan fingerprint density at radius 3 is 2.67 bits per heavy atom. The smallest absolute Gasteiger partial charge is 0.329 e. The third-order valence-corrected chi connectivity index (χ3v) is 4.29. The van der Waals surface area contributed by atoms with E-state index in [2.05, 4.69) is 15.3 Å². The second-order valence-corrected chi connectivity index (χ2v) is 6.40. The standard InChI is InChI=1S/C17H20N6O7/c1-21-14-13(15(26)20-17(21)27)22(16(19-14)18-6-7-24)8-11(25)9-30-12-4-2-10(3-5-12)23(28)29/h2-5,11,24-25H,6-9H2,1H3,(H,18,19)(H,20,26,27)/t11-/m1/s1. The highest BCUT2D eigenvalue weighted by atomic mass is 16.6. The van der Waals surface area contributed by atoms with E-state index in [1.165, 1.54) is 35.9 Å². The number of benzene rings is 1. The number of aromatic nitrogens is 4. The summed E-state index contributed by atoms with van der Waals surface area (Å²) >= 11 is 0. The van der Waals surface area contributed by atoms with Crippen molar-refractivity contribution < 1.29 is 19.9 Å². The number of hydrogen-bond acceptors (Lipinski definition) is 9. The van der Waals surface area contributed by atoms with Crippen LogP contribution in [-0.2, 0) is 13.6 Å². The lowest BCUT2D eigenvalue weighted by atomic mass is 10.3. The molecule has 0 aliphatic heterocycles. The van der Waals surface area contributed by atoms with Gasteiger partial charge in [-0.1, -0.05) is 0 Å². The summed E-state index contributed by atoms with van der Waals surface area (Å²) in [5.74, 6) is 0.522. The Bertz CT molecular complexity index is 1160. The van der Waals surface area contributed by atoms with Gasteiger partial charge in [-0.2, -0.15) is 4.98 Å². The van der Waals surface area contributed by atoms with Gasteiger partial charge in [0.1, 0.15) is 18.5 Å². The van der Waals surface area contributed by atoms with Crippen molar-refractivity contribution in [1.29, 1.82) is 0 Å². The average Bonchev–Trinajstić information content (AvgIpc) is 3.08. The Kier molecular flexibility index (Phi) is 6.13. The number of hydrogen-bond donors (Lipinski definition) is 4. The topological polar surface area (TPSA) is 178 Å². The largest absolute Gasteiger partial charge is 0.491 e. The minimum atomic E-state index is -1.08. The number of non-ortho nitro benzene ring substituents is 1. The zero-order valence-corrected chi connectivity index (χ0v) is 15.9. The first kappa shape index (κ1) is 21.0. The molecule has 0 unspecified atom stereocenters. The Morgan fingerprint density at radius 1 is 1.33 bits per heavy atom. The number of nitro groups is 1. The van der Waals surface area contributed by atoms with Crippen LogP contribution in [0.5, 0.6) is 5.75 Å². The molecular weight excluding hydrogens is 400 g/mol. The van der Waals surface area contributed by atoms with Crippen LogP contribution < -0.4 is 21.3 Å².